The SMILES string of the molecule is Cc1cccc(NC(=O)N2CC3(C2)CS(=O)(=O)[C@@H](Cn2ccnc2)CO3)c1. The van der Waals surface area contributed by atoms with Crippen molar-refractivity contribution in [2.45, 2.75) is 24.3 Å². The van der Waals surface area contributed by atoms with Crippen molar-refractivity contribution in [3.05, 3.63) is 48.5 Å². The molecule has 1 atom stereocenters. The summed E-state index contributed by atoms with van der Waals surface area (Å²) in [6.45, 7) is 2.97. The van der Waals surface area contributed by atoms with E-state index in [0.29, 0.717) is 6.54 Å². The van der Waals surface area contributed by atoms with Crippen molar-refractivity contribution in [1.82, 2.24) is 14.5 Å². The number of urea groups is 1. The van der Waals surface area contributed by atoms with E-state index in [2.05, 4.69) is 10.3 Å². The van der Waals surface area contributed by atoms with Crippen LogP contribution in [-0.4, -0.2) is 65.2 Å². The van der Waals surface area contributed by atoms with Crippen molar-refractivity contribution in [2.75, 3.05) is 30.8 Å². The molecule has 8 nitrogen and oxygen atoms in total. The molecular formula is C18H22N4O4S. The first-order valence-electron chi connectivity index (χ1n) is 8.79. The quantitative estimate of drug-likeness (QED) is 0.852. The summed E-state index contributed by atoms with van der Waals surface area (Å²) in [5.74, 6) is -0.0619. The van der Waals surface area contributed by atoms with Crippen molar-refractivity contribution in [2.24, 2.45) is 0 Å². The molecule has 4 rings (SSSR count). The summed E-state index contributed by atoms with van der Waals surface area (Å²) in [5.41, 5.74) is 0.992. The predicted octanol–water partition coefficient (Wildman–Crippen LogP) is 1.29. The van der Waals surface area contributed by atoms with Crippen LogP contribution >= 0.6 is 0 Å². The standard InChI is InChI=1S/C18H22N4O4S/c1-14-3-2-4-15(7-14)20-17(23)22-10-18(11-22)12-27(24,25)16(9-26-18)8-21-6-5-19-13-21/h2-7,13,16H,8-12H2,1H3,(H,20,23)/t16-/m0/s1. The minimum absolute atomic E-state index is 0.0619. The van der Waals surface area contributed by atoms with Gasteiger partial charge in [0.2, 0.25) is 0 Å². The minimum atomic E-state index is -3.31. The number of anilines is 1. The van der Waals surface area contributed by atoms with Crippen molar-refractivity contribution in [3.8, 4) is 0 Å². The molecule has 1 spiro atoms. The fourth-order valence-electron chi connectivity index (χ4n) is 3.60. The second kappa shape index (κ2) is 6.65. The van der Waals surface area contributed by atoms with E-state index in [4.69, 9.17) is 4.74 Å². The van der Waals surface area contributed by atoms with Gasteiger partial charge >= 0.3 is 6.03 Å². The average molecular weight is 390 g/mol. The maximum atomic E-state index is 12.7. The van der Waals surface area contributed by atoms with Crippen LogP contribution in [0.5, 0.6) is 0 Å². The molecule has 1 N–H and O–H groups in total. The van der Waals surface area contributed by atoms with E-state index in [0.717, 1.165) is 11.3 Å². The number of ether oxygens (including phenoxy) is 1. The van der Waals surface area contributed by atoms with Gasteiger partial charge in [0.15, 0.2) is 9.84 Å². The molecule has 144 valence electrons. The molecule has 2 aliphatic heterocycles. The number of benzene rings is 1. The van der Waals surface area contributed by atoms with Gasteiger partial charge in [-0.15, -0.1) is 0 Å². The Kier molecular flexibility index (Phi) is 4.43. The fraction of sp³-hybridized carbons (Fsp3) is 0.444. The highest BCUT2D eigenvalue weighted by atomic mass is 32.2. The monoisotopic (exact) mass is 390 g/mol. The Morgan fingerprint density at radius 3 is 2.89 bits per heavy atom. The van der Waals surface area contributed by atoms with Gasteiger partial charge in [-0.1, -0.05) is 12.1 Å². The molecule has 3 heterocycles. The zero-order valence-corrected chi connectivity index (χ0v) is 15.9. The molecule has 1 aromatic heterocycles. The first-order chi connectivity index (χ1) is 12.9. The smallest absolute Gasteiger partial charge is 0.322 e. The minimum Gasteiger partial charge on any atom is -0.369 e. The zero-order chi connectivity index (χ0) is 19.1. The lowest BCUT2D eigenvalue weighted by molar-refractivity contribution is -0.117. The summed E-state index contributed by atoms with van der Waals surface area (Å²) in [6, 6.07) is 7.29. The Bertz CT molecular complexity index is 936. The van der Waals surface area contributed by atoms with E-state index < -0.39 is 20.7 Å². The number of aryl methyl sites for hydroxylation is 1. The molecule has 2 fully saturated rings. The van der Waals surface area contributed by atoms with Gasteiger partial charge in [-0.2, -0.15) is 0 Å². The summed E-state index contributed by atoms with van der Waals surface area (Å²) >= 11 is 0. The Labute approximate surface area is 158 Å². The van der Waals surface area contributed by atoms with Crippen LogP contribution in [0.1, 0.15) is 5.56 Å². The zero-order valence-electron chi connectivity index (χ0n) is 15.0. The summed E-state index contributed by atoms with van der Waals surface area (Å²) in [4.78, 5) is 17.9. The second-order valence-electron chi connectivity index (χ2n) is 7.34. The molecule has 9 heteroatoms. The highest BCUT2D eigenvalue weighted by molar-refractivity contribution is 7.92. The highest BCUT2D eigenvalue weighted by Gasteiger charge is 2.53. The van der Waals surface area contributed by atoms with E-state index in [1.54, 1.807) is 28.2 Å². The molecule has 27 heavy (non-hydrogen) atoms. The Morgan fingerprint density at radius 2 is 2.22 bits per heavy atom. The Balaban J connectivity index is 1.35. The van der Waals surface area contributed by atoms with Crippen LogP contribution < -0.4 is 5.32 Å². The van der Waals surface area contributed by atoms with E-state index in [-0.39, 0.29) is 31.5 Å². The van der Waals surface area contributed by atoms with Gasteiger partial charge in [-0.05, 0) is 24.6 Å². The Morgan fingerprint density at radius 1 is 1.41 bits per heavy atom. The topological polar surface area (TPSA) is 93.5 Å². The number of sulfone groups is 1. The predicted molar refractivity (Wildman–Crippen MR) is 100 cm³/mol. The molecular weight excluding hydrogens is 368 g/mol. The van der Waals surface area contributed by atoms with E-state index in [1.165, 1.54) is 0 Å². The number of nitrogens with zero attached hydrogens (tertiary/aromatic N) is 3. The highest BCUT2D eigenvalue weighted by Crippen LogP contribution is 2.33. The molecule has 0 unspecified atom stereocenters. The summed E-state index contributed by atoms with van der Waals surface area (Å²) in [6.07, 6.45) is 4.95. The van der Waals surface area contributed by atoms with Crippen LogP contribution in [0.25, 0.3) is 0 Å². The number of nitrogens with one attached hydrogen (secondary N) is 1. The number of carbonyl (C=O) groups excluding carboxylic acids is 1. The van der Waals surface area contributed by atoms with Crippen molar-refractivity contribution >= 4 is 21.6 Å². The molecule has 1 aromatic carbocycles. The van der Waals surface area contributed by atoms with E-state index >= 15 is 0 Å². The molecule has 2 aromatic rings. The van der Waals surface area contributed by atoms with Crippen LogP contribution in [-0.2, 0) is 21.1 Å². The molecule has 2 saturated heterocycles. The van der Waals surface area contributed by atoms with Crippen molar-refractivity contribution in [1.29, 1.82) is 0 Å². The maximum absolute atomic E-state index is 12.7. The summed E-state index contributed by atoms with van der Waals surface area (Å²) in [5, 5.41) is 2.25. The molecule has 0 saturated carbocycles. The second-order valence-corrected chi connectivity index (χ2v) is 9.62. The summed E-state index contributed by atoms with van der Waals surface area (Å²) < 4.78 is 33.0. The lowest BCUT2D eigenvalue weighted by atomic mass is 9.96. The van der Waals surface area contributed by atoms with Gasteiger partial charge < -0.3 is 19.5 Å². The van der Waals surface area contributed by atoms with Gasteiger partial charge in [-0.3, -0.25) is 0 Å². The summed E-state index contributed by atoms with van der Waals surface area (Å²) in [7, 11) is -3.31. The molecule has 2 amide bonds. The maximum Gasteiger partial charge on any atom is 0.322 e. The molecule has 2 aliphatic rings. The lowest BCUT2D eigenvalue weighted by Crippen LogP contribution is -2.71. The third kappa shape index (κ3) is 3.70. The van der Waals surface area contributed by atoms with Gasteiger partial charge in [0.25, 0.3) is 0 Å². The largest absolute Gasteiger partial charge is 0.369 e. The molecule has 0 radical (unpaired) electrons. The van der Waals surface area contributed by atoms with Crippen LogP contribution in [0, 0.1) is 6.92 Å². The van der Waals surface area contributed by atoms with Crippen LogP contribution in [0.15, 0.2) is 43.0 Å². The number of carbonyl (C=O) groups is 1. The fourth-order valence-corrected chi connectivity index (χ4v) is 5.51. The Hall–Kier alpha value is -2.39. The number of amides is 2. The van der Waals surface area contributed by atoms with Crippen LogP contribution in [0.2, 0.25) is 0 Å². The first-order valence-corrected chi connectivity index (χ1v) is 10.5. The first kappa shape index (κ1) is 18.0. The normalized spacial score (nSPS) is 23.0. The van der Waals surface area contributed by atoms with Crippen LogP contribution in [0.4, 0.5) is 10.5 Å². The van der Waals surface area contributed by atoms with Crippen molar-refractivity contribution in [3.63, 3.8) is 0 Å². The lowest BCUT2D eigenvalue weighted by Gasteiger charge is -2.51. The van der Waals surface area contributed by atoms with Gasteiger partial charge in [-0.25, -0.2) is 18.2 Å². The van der Waals surface area contributed by atoms with Crippen molar-refractivity contribution < 1.29 is 17.9 Å². The number of rotatable bonds is 3. The number of hydrogen-bond donors (Lipinski definition) is 1. The number of hydrogen-bond acceptors (Lipinski definition) is 5. The van der Waals surface area contributed by atoms with E-state index in [9.17, 15) is 13.2 Å². The number of aromatic nitrogens is 2. The van der Waals surface area contributed by atoms with E-state index in [1.807, 2.05) is 31.2 Å². The molecule has 0 aliphatic carbocycles. The average Bonchev–Trinajstić information content (AvgIpc) is 3.07. The van der Waals surface area contributed by atoms with Crippen LogP contribution in [0.3, 0.4) is 0 Å². The third-order valence-corrected chi connectivity index (χ3v) is 7.27. The number of likely N-dealkylation sites (tertiary alicyclic amines) is 1. The van der Waals surface area contributed by atoms with Gasteiger partial charge in [0, 0.05) is 24.6 Å². The van der Waals surface area contributed by atoms with Gasteiger partial charge in [0.05, 0.1) is 31.8 Å². The van der Waals surface area contributed by atoms with Gasteiger partial charge in [0.1, 0.15) is 10.9 Å². The number of imidazole rings is 1. The third-order valence-electron chi connectivity index (χ3n) is 5.04. The molecule has 0 bridgehead atoms.